The van der Waals surface area contributed by atoms with Crippen molar-refractivity contribution in [3.63, 3.8) is 0 Å². The number of nitrogens with two attached hydrogens (primary N) is 1. The lowest BCUT2D eigenvalue weighted by molar-refractivity contribution is 0.194. The van der Waals surface area contributed by atoms with E-state index in [0.29, 0.717) is 13.1 Å². The fourth-order valence-corrected chi connectivity index (χ4v) is 2.38. The average Bonchev–Trinajstić information content (AvgIpc) is 2.43. The van der Waals surface area contributed by atoms with Crippen LogP contribution in [0.4, 0.5) is 8.78 Å². The molecule has 104 valence electrons. The van der Waals surface area contributed by atoms with E-state index in [4.69, 9.17) is 10.9 Å². The van der Waals surface area contributed by atoms with E-state index in [1.165, 1.54) is 18.2 Å². The van der Waals surface area contributed by atoms with Crippen molar-refractivity contribution in [2.24, 2.45) is 16.8 Å². The van der Waals surface area contributed by atoms with Crippen LogP contribution in [0.25, 0.3) is 0 Å². The summed E-state index contributed by atoms with van der Waals surface area (Å²) >= 11 is 0. The lowest BCUT2D eigenvalue weighted by Gasteiger charge is -2.31. The molecule has 0 amide bonds. The van der Waals surface area contributed by atoms with Gasteiger partial charge in [0.2, 0.25) is 0 Å². The molecule has 1 aromatic carbocycles. The monoisotopic (exact) mass is 269 g/mol. The number of benzene rings is 1. The summed E-state index contributed by atoms with van der Waals surface area (Å²) in [4.78, 5) is 1.97. The number of amidine groups is 1. The predicted octanol–water partition coefficient (Wildman–Crippen LogP) is 1.92. The first-order valence-electron chi connectivity index (χ1n) is 6.24. The van der Waals surface area contributed by atoms with Crippen molar-refractivity contribution in [1.82, 2.24) is 4.90 Å². The van der Waals surface area contributed by atoms with Crippen molar-refractivity contribution >= 4 is 5.84 Å². The van der Waals surface area contributed by atoms with Crippen LogP contribution in [0.1, 0.15) is 18.4 Å². The van der Waals surface area contributed by atoms with E-state index in [0.717, 1.165) is 12.8 Å². The van der Waals surface area contributed by atoms with Crippen LogP contribution in [0.5, 0.6) is 0 Å². The molecular weight excluding hydrogens is 252 g/mol. The first-order valence-corrected chi connectivity index (χ1v) is 6.24. The summed E-state index contributed by atoms with van der Waals surface area (Å²) in [5, 5.41) is 11.6. The second-order valence-corrected chi connectivity index (χ2v) is 4.78. The summed E-state index contributed by atoms with van der Waals surface area (Å²) < 4.78 is 27.1. The van der Waals surface area contributed by atoms with Crippen molar-refractivity contribution in [3.05, 3.63) is 35.4 Å². The zero-order chi connectivity index (χ0) is 13.8. The topological polar surface area (TPSA) is 61.9 Å². The second kappa shape index (κ2) is 5.97. The van der Waals surface area contributed by atoms with Crippen molar-refractivity contribution in [2.75, 3.05) is 13.1 Å². The first-order chi connectivity index (χ1) is 9.11. The summed E-state index contributed by atoms with van der Waals surface area (Å²) in [6.45, 7) is 1.60. The van der Waals surface area contributed by atoms with Gasteiger partial charge in [0.1, 0.15) is 17.5 Å². The zero-order valence-corrected chi connectivity index (χ0v) is 10.5. The van der Waals surface area contributed by atoms with Gasteiger partial charge in [-0.05, 0) is 38.1 Å². The Morgan fingerprint density at radius 3 is 2.42 bits per heavy atom. The molecule has 1 fully saturated rings. The molecule has 0 aliphatic carbocycles. The third kappa shape index (κ3) is 3.20. The first kappa shape index (κ1) is 13.7. The molecule has 1 aliphatic rings. The van der Waals surface area contributed by atoms with Gasteiger partial charge in [-0.3, -0.25) is 4.90 Å². The van der Waals surface area contributed by atoms with Crippen molar-refractivity contribution in [1.29, 1.82) is 0 Å². The molecule has 2 rings (SSSR count). The lowest BCUT2D eigenvalue weighted by Crippen LogP contribution is -2.38. The Hall–Kier alpha value is -1.69. The average molecular weight is 269 g/mol. The molecule has 0 atom stereocenters. The van der Waals surface area contributed by atoms with Gasteiger partial charge in [-0.1, -0.05) is 11.2 Å². The molecule has 1 aromatic rings. The zero-order valence-electron chi connectivity index (χ0n) is 10.5. The van der Waals surface area contributed by atoms with E-state index in [-0.39, 0.29) is 23.9 Å². The molecule has 0 saturated carbocycles. The van der Waals surface area contributed by atoms with Gasteiger partial charge in [0.25, 0.3) is 0 Å². The largest absolute Gasteiger partial charge is 0.409 e. The molecule has 6 heteroatoms. The quantitative estimate of drug-likeness (QED) is 0.381. The maximum atomic E-state index is 13.5. The van der Waals surface area contributed by atoms with Gasteiger partial charge in [-0.2, -0.15) is 0 Å². The minimum atomic E-state index is -0.515. The highest BCUT2D eigenvalue weighted by Gasteiger charge is 2.23. The van der Waals surface area contributed by atoms with E-state index in [9.17, 15) is 8.78 Å². The second-order valence-electron chi connectivity index (χ2n) is 4.78. The van der Waals surface area contributed by atoms with Crippen LogP contribution in [-0.4, -0.2) is 29.0 Å². The number of rotatable bonds is 3. The summed E-state index contributed by atoms with van der Waals surface area (Å²) in [7, 11) is 0. The Balaban J connectivity index is 1.96. The lowest BCUT2D eigenvalue weighted by atomic mass is 9.95. The van der Waals surface area contributed by atoms with E-state index in [1.807, 2.05) is 4.90 Å². The third-order valence-corrected chi connectivity index (χ3v) is 3.56. The highest BCUT2D eigenvalue weighted by atomic mass is 19.1. The van der Waals surface area contributed by atoms with Crippen molar-refractivity contribution in [2.45, 2.75) is 19.4 Å². The fraction of sp³-hybridized carbons (Fsp3) is 0.462. The van der Waals surface area contributed by atoms with Crippen molar-refractivity contribution in [3.8, 4) is 0 Å². The highest BCUT2D eigenvalue weighted by molar-refractivity contribution is 5.82. The van der Waals surface area contributed by atoms with Crippen LogP contribution in [0, 0.1) is 17.6 Å². The van der Waals surface area contributed by atoms with Gasteiger partial charge in [-0.25, -0.2) is 8.78 Å². The SMILES string of the molecule is N/C(=N/O)C1CCN(Cc2c(F)cccc2F)CC1. The molecule has 0 unspecified atom stereocenters. The van der Waals surface area contributed by atoms with Crippen LogP contribution >= 0.6 is 0 Å². The Morgan fingerprint density at radius 1 is 1.32 bits per heavy atom. The molecular formula is C13H17F2N3O. The standard InChI is InChI=1S/C13H17F2N3O/c14-11-2-1-3-12(15)10(11)8-18-6-4-9(5-7-18)13(16)17-19/h1-3,9,19H,4-8H2,(H2,16,17). The van der Waals surface area contributed by atoms with Crippen LogP contribution in [0.15, 0.2) is 23.4 Å². The number of hydrogen-bond donors (Lipinski definition) is 2. The van der Waals surface area contributed by atoms with E-state index in [2.05, 4.69) is 5.16 Å². The minimum Gasteiger partial charge on any atom is -0.409 e. The predicted molar refractivity (Wildman–Crippen MR) is 67.8 cm³/mol. The van der Waals surface area contributed by atoms with E-state index >= 15 is 0 Å². The number of likely N-dealkylation sites (tertiary alicyclic amines) is 1. The molecule has 3 N–H and O–H groups in total. The smallest absolute Gasteiger partial charge is 0.142 e. The van der Waals surface area contributed by atoms with E-state index in [1.54, 1.807) is 0 Å². The number of halogens is 2. The van der Waals surface area contributed by atoms with Gasteiger partial charge in [0.05, 0.1) is 0 Å². The third-order valence-electron chi connectivity index (χ3n) is 3.56. The summed E-state index contributed by atoms with van der Waals surface area (Å²) in [6, 6.07) is 3.89. The van der Waals surface area contributed by atoms with Gasteiger partial charge < -0.3 is 10.9 Å². The maximum absolute atomic E-state index is 13.5. The van der Waals surface area contributed by atoms with Crippen LogP contribution in [0.2, 0.25) is 0 Å². The molecule has 0 bridgehead atoms. The molecule has 1 heterocycles. The van der Waals surface area contributed by atoms with Gasteiger partial charge >= 0.3 is 0 Å². The Kier molecular flexibility index (Phi) is 4.31. The molecule has 4 nitrogen and oxygen atoms in total. The molecule has 0 spiro atoms. The summed E-state index contributed by atoms with van der Waals surface area (Å²) in [5.41, 5.74) is 5.66. The Labute approximate surface area is 110 Å². The normalized spacial score (nSPS) is 18.7. The Bertz CT molecular complexity index is 451. The molecule has 1 saturated heterocycles. The van der Waals surface area contributed by atoms with Crippen LogP contribution in [-0.2, 0) is 6.54 Å². The number of nitrogens with zero attached hydrogens (tertiary/aromatic N) is 2. The van der Waals surface area contributed by atoms with Gasteiger partial charge in [0.15, 0.2) is 0 Å². The van der Waals surface area contributed by atoms with Crippen molar-refractivity contribution < 1.29 is 14.0 Å². The minimum absolute atomic E-state index is 0.0479. The fourth-order valence-electron chi connectivity index (χ4n) is 2.38. The van der Waals surface area contributed by atoms with Gasteiger partial charge in [-0.15, -0.1) is 0 Å². The van der Waals surface area contributed by atoms with E-state index < -0.39 is 11.6 Å². The number of hydrogen-bond acceptors (Lipinski definition) is 3. The molecule has 0 aromatic heterocycles. The van der Waals surface area contributed by atoms with Crippen LogP contribution < -0.4 is 5.73 Å². The number of oxime groups is 1. The van der Waals surface area contributed by atoms with Crippen LogP contribution in [0.3, 0.4) is 0 Å². The van der Waals surface area contributed by atoms with Gasteiger partial charge in [0, 0.05) is 18.0 Å². The molecule has 1 aliphatic heterocycles. The summed E-state index contributed by atoms with van der Waals surface area (Å²) in [5.74, 6) is -0.749. The molecule has 0 radical (unpaired) electrons. The number of piperidine rings is 1. The Morgan fingerprint density at radius 2 is 1.89 bits per heavy atom. The highest BCUT2D eigenvalue weighted by Crippen LogP contribution is 2.21. The maximum Gasteiger partial charge on any atom is 0.142 e. The summed E-state index contributed by atoms with van der Waals surface area (Å²) in [6.07, 6.45) is 1.46. The molecule has 19 heavy (non-hydrogen) atoms.